The second kappa shape index (κ2) is 6.80. The average Bonchev–Trinajstić information content (AvgIpc) is 3.04. The molecule has 4 rings (SSSR count). The number of ether oxygens (including phenoxy) is 1. The topological polar surface area (TPSA) is 80.4 Å². The van der Waals surface area contributed by atoms with Crippen molar-refractivity contribution in [2.75, 3.05) is 0 Å². The zero-order valence-electron chi connectivity index (χ0n) is 14.7. The monoisotopic (exact) mass is 383 g/mol. The molecule has 0 amide bonds. The van der Waals surface area contributed by atoms with Crippen LogP contribution in [0.25, 0.3) is 28.2 Å². The van der Waals surface area contributed by atoms with Gasteiger partial charge in [-0.05, 0) is 55.0 Å². The molecule has 6 nitrogen and oxygen atoms in total. The summed E-state index contributed by atoms with van der Waals surface area (Å²) >= 11 is 0. The van der Waals surface area contributed by atoms with Gasteiger partial charge in [-0.1, -0.05) is 0 Å². The number of phenols is 2. The summed E-state index contributed by atoms with van der Waals surface area (Å²) in [4.78, 5) is 8.93. The van der Waals surface area contributed by atoms with Crippen molar-refractivity contribution in [2.45, 2.75) is 13.5 Å². The van der Waals surface area contributed by atoms with Gasteiger partial charge in [0.1, 0.15) is 22.8 Å². The molecule has 0 saturated heterocycles. The number of aromatic nitrogens is 3. The summed E-state index contributed by atoms with van der Waals surface area (Å²) in [6.45, 7) is -1.20. The first-order valence-electron chi connectivity index (χ1n) is 8.35. The van der Waals surface area contributed by atoms with Crippen molar-refractivity contribution in [3.63, 3.8) is 0 Å². The van der Waals surface area contributed by atoms with Crippen LogP contribution in [-0.2, 0) is 0 Å². The first-order chi connectivity index (χ1) is 13.4. The van der Waals surface area contributed by atoms with E-state index in [1.54, 1.807) is 48.0 Å². The van der Waals surface area contributed by atoms with Crippen molar-refractivity contribution in [1.29, 1.82) is 0 Å². The van der Waals surface area contributed by atoms with Crippen LogP contribution in [0.15, 0.2) is 54.7 Å². The van der Waals surface area contributed by atoms with Crippen molar-refractivity contribution < 1.29 is 23.7 Å². The van der Waals surface area contributed by atoms with Crippen molar-refractivity contribution in [1.82, 2.24) is 14.5 Å². The molecule has 0 spiro atoms. The summed E-state index contributed by atoms with van der Waals surface area (Å²) < 4.78 is 30.9. The summed E-state index contributed by atoms with van der Waals surface area (Å²) in [5.41, 5.74) is 2.70. The SMILES string of the molecule is Cc1cc(-c2nc3cccnc3n2-c2ccc(OC(F)F)cc2)c(O)cc1O. The molecular formula is C20H15F2N3O3. The second-order valence-corrected chi connectivity index (χ2v) is 6.15. The number of aromatic hydroxyl groups is 2. The minimum absolute atomic E-state index is 0.0287. The molecule has 0 aliphatic heterocycles. The maximum Gasteiger partial charge on any atom is 0.387 e. The van der Waals surface area contributed by atoms with Gasteiger partial charge in [0.05, 0.1) is 5.56 Å². The normalized spacial score (nSPS) is 11.3. The average molecular weight is 383 g/mol. The summed E-state index contributed by atoms with van der Waals surface area (Å²) in [7, 11) is 0. The first-order valence-corrected chi connectivity index (χ1v) is 8.35. The number of rotatable bonds is 4. The third-order valence-corrected chi connectivity index (χ3v) is 4.29. The van der Waals surface area contributed by atoms with Gasteiger partial charge >= 0.3 is 6.61 Å². The van der Waals surface area contributed by atoms with Gasteiger partial charge in [-0.15, -0.1) is 0 Å². The highest BCUT2D eigenvalue weighted by Crippen LogP contribution is 2.37. The van der Waals surface area contributed by atoms with Crippen molar-refractivity contribution in [3.8, 4) is 34.3 Å². The first kappa shape index (κ1) is 17.7. The van der Waals surface area contributed by atoms with Crippen molar-refractivity contribution in [3.05, 3.63) is 60.3 Å². The zero-order valence-corrected chi connectivity index (χ0v) is 14.7. The molecule has 0 radical (unpaired) electrons. The van der Waals surface area contributed by atoms with Crippen LogP contribution in [0, 0.1) is 6.92 Å². The Morgan fingerprint density at radius 2 is 1.79 bits per heavy atom. The van der Waals surface area contributed by atoms with Crippen molar-refractivity contribution >= 4 is 11.2 Å². The summed E-state index contributed by atoms with van der Waals surface area (Å²) in [6, 6.07) is 12.4. The number of phenolic OH excluding ortho intramolecular Hbond substituents is 2. The van der Waals surface area contributed by atoms with E-state index in [0.29, 0.717) is 33.8 Å². The molecule has 4 aromatic rings. The molecule has 0 aliphatic carbocycles. The van der Waals surface area contributed by atoms with Gasteiger partial charge in [0.25, 0.3) is 0 Å². The lowest BCUT2D eigenvalue weighted by atomic mass is 10.1. The molecule has 28 heavy (non-hydrogen) atoms. The molecule has 0 fully saturated rings. The minimum Gasteiger partial charge on any atom is -0.508 e. The Bertz CT molecular complexity index is 1160. The van der Waals surface area contributed by atoms with E-state index in [9.17, 15) is 19.0 Å². The molecule has 0 bridgehead atoms. The number of aryl methyl sites for hydroxylation is 1. The second-order valence-electron chi connectivity index (χ2n) is 6.15. The van der Waals surface area contributed by atoms with E-state index in [2.05, 4.69) is 14.7 Å². The van der Waals surface area contributed by atoms with Crippen LogP contribution in [0.1, 0.15) is 5.56 Å². The third-order valence-electron chi connectivity index (χ3n) is 4.29. The smallest absolute Gasteiger partial charge is 0.387 e. The van der Waals surface area contributed by atoms with E-state index in [-0.39, 0.29) is 17.2 Å². The quantitative estimate of drug-likeness (QED) is 0.546. The number of benzene rings is 2. The summed E-state index contributed by atoms with van der Waals surface area (Å²) in [5.74, 6) is 0.255. The van der Waals surface area contributed by atoms with E-state index in [1.165, 1.54) is 18.2 Å². The Hall–Kier alpha value is -3.68. The van der Waals surface area contributed by atoms with Crippen LogP contribution in [0.3, 0.4) is 0 Å². The lowest BCUT2D eigenvalue weighted by Gasteiger charge is -2.12. The fraction of sp³-hybridized carbons (Fsp3) is 0.100. The number of pyridine rings is 1. The van der Waals surface area contributed by atoms with Gasteiger partial charge in [-0.2, -0.15) is 8.78 Å². The molecule has 0 aliphatic rings. The molecule has 0 unspecified atom stereocenters. The Morgan fingerprint density at radius 1 is 1.04 bits per heavy atom. The highest BCUT2D eigenvalue weighted by atomic mass is 19.3. The molecule has 2 aromatic carbocycles. The molecular weight excluding hydrogens is 368 g/mol. The van der Waals surface area contributed by atoms with Crippen LogP contribution in [0.5, 0.6) is 17.2 Å². The van der Waals surface area contributed by atoms with Crippen molar-refractivity contribution in [2.24, 2.45) is 0 Å². The molecule has 142 valence electrons. The maximum atomic E-state index is 12.4. The van der Waals surface area contributed by atoms with Crippen LogP contribution < -0.4 is 4.74 Å². The van der Waals surface area contributed by atoms with E-state index in [0.717, 1.165) is 0 Å². The highest BCUT2D eigenvalue weighted by molar-refractivity contribution is 5.82. The van der Waals surface area contributed by atoms with Gasteiger partial charge < -0.3 is 14.9 Å². The highest BCUT2D eigenvalue weighted by Gasteiger charge is 2.19. The Morgan fingerprint density at radius 3 is 2.50 bits per heavy atom. The predicted molar refractivity (Wildman–Crippen MR) is 99.0 cm³/mol. The largest absolute Gasteiger partial charge is 0.508 e. The molecule has 2 N–H and O–H groups in total. The molecule has 8 heteroatoms. The Balaban J connectivity index is 1.93. The number of nitrogens with zero attached hydrogens (tertiary/aromatic N) is 3. The number of imidazole rings is 1. The molecule has 2 aromatic heterocycles. The van der Waals surface area contributed by atoms with Crippen LogP contribution in [0.2, 0.25) is 0 Å². The van der Waals surface area contributed by atoms with Crippen LogP contribution >= 0.6 is 0 Å². The molecule has 2 heterocycles. The summed E-state index contributed by atoms with van der Waals surface area (Å²) in [5, 5.41) is 20.2. The number of hydrogen-bond acceptors (Lipinski definition) is 5. The zero-order chi connectivity index (χ0) is 19.8. The summed E-state index contributed by atoms with van der Waals surface area (Å²) in [6.07, 6.45) is 1.61. The lowest BCUT2D eigenvalue weighted by Crippen LogP contribution is -2.03. The Kier molecular flexibility index (Phi) is 4.31. The standard InChI is InChI=1S/C20H15F2N3O3/c1-11-9-14(17(27)10-16(11)26)18-24-15-3-2-8-23-19(15)25(18)12-4-6-13(7-5-12)28-20(21)22/h2-10,20,26-27H,1H3. The Labute approximate surface area is 158 Å². The van der Waals surface area contributed by atoms with Gasteiger partial charge in [0.2, 0.25) is 0 Å². The van der Waals surface area contributed by atoms with E-state index in [1.807, 2.05) is 0 Å². The van der Waals surface area contributed by atoms with Crippen LogP contribution in [0.4, 0.5) is 8.78 Å². The fourth-order valence-electron chi connectivity index (χ4n) is 2.98. The number of alkyl halides is 2. The molecule has 0 atom stereocenters. The van der Waals surface area contributed by atoms with Gasteiger partial charge in [-0.25, -0.2) is 9.97 Å². The van der Waals surface area contributed by atoms with E-state index >= 15 is 0 Å². The number of hydrogen-bond donors (Lipinski definition) is 2. The van der Waals surface area contributed by atoms with Gasteiger partial charge in [0.15, 0.2) is 11.5 Å². The predicted octanol–water partition coefficient (Wildman–Crippen LogP) is 4.41. The number of fused-ring (bicyclic) bond motifs is 1. The minimum atomic E-state index is -2.91. The van der Waals surface area contributed by atoms with E-state index in [4.69, 9.17) is 0 Å². The number of halogens is 2. The fourth-order valence-corrected chi connectivity index (χ4v) is 2.98. The van der Waals surface area contributed by atoms with E-state index < -0.39 is 6.61 Å². The maximum absolute atomic E-state index is 12.4. The lowest BCUT2D eigenvalue weighted by molar-refractivity contribution is -0.0498. The molecule has 0 saturated carbocycles. The van der Waals surface area contributed by atoms with Gasteiger partial charge in [-0.3, -0.25) is 4.57 Å². The van der Waals surface area contributed by atoms with Gasteiger partial charge in [0, 0.05) is 18.0 Å². The third kappa shape index (κ3) is 3.09. The van der Waals surface area contributed by atoms with Crippen LogP contribution in [-0.4, -0.2) is 31.4 Å².